The maximum atomic E-state index is 13.0. The number of benzene rings is 1. The van der Waals surface area contributed by atoms with Crippen molar-refractivity contribution in [1.29, 1.82) is 0 Å². The van der Waals surface area contributed by atoms with E-state index in [1.807, 2.05) is 0 Å². The lowest BCUT2D eigenvalue weighted by Crippen LogP contribution is -2.59. The normalized spacial score (nSPS) is 38.6. The highest BCUT2D eigenvalue weighted by atomic mass is 16.7. The molecule has 0 aromatic heterocycles. The summed E-state index contributed by atoms with van der Waals surface area (Å²) in [5, 5.41) is 40.2. The average molecular weight is 573 g/mol. The molecular formula is C30H36O11. The van der Waals surface area contributed by atoms with Gasteiger partial charge < -0.3 is 44.1 Å². The van der Waals surface area contributed by atoms with Gasteiger partial charge in [0.2, 0.25) is 0 Å². The van der Waals surface area contributed by atoms with Crippen LogP contribution in [-0.4, -0.2) is 95.1 Å². The molecule has 4 N–H and O–H groups in total. The Morgan fingerprint density at radius 1 is 1.05 bits per heavy atom. The van der Waals surface area contributed by atoms with Gasteiger partial charge in [-0.3, -0.25) is 4.79 Å². The highest BCUT2D eigenvalue weighted by Gasteiger charge is 2.58. The standard InChI is InChI=1S/C30H36O11/c1-13-9-20(38-22(32)10-16-5-7-17(37-4)8-6-16)24-15(3)29(36)41-28(24)23-14(2)19(11-18(13)23)39-30-27(35)26(34)25(33)21(12-31)40-30/h5-8,18-21,23-28,30-31,33-35H,1-3,9-12H2,4H3/t18-,19-,20+,21+,23-,24+,25+,26+,27-,28+,30+/m0/s1. The molecule has 0 spiro atoms. The summed E-state index contributed by atoms with van der Waals surface area (Å²) < 4.78 is 28.4. The highest BCUT2D eigenvalue weighted by Crippen LogP contribution is 2.53. The number of esters is 2. The van der Waals surface area contributed by atoms with E-state index in [1.54, 1.807) is 31.4 Å². The van der Waals surface area contributed by atoms with Crippen molar-refractivity contribution in [3.05, 3.63) is 66.3 Å². The van der Waals surface area contributed by atoms with Crippen molar-refractivity contribution < 1.29 is 53.7 Å². The molecule has 11 atom stereocenters. The van der Waals surface area contributed by atoms with E-state index in [4.69, 9.17) is 23.7 Å². The molecule has 11 heteroatoms. The van der Waals surface area contributed by atoms with Crippen LogP contribution in [0.3, 0.4) is 0 Å². The summed E-state index contributed by atoms with van der Waals surface area (Å²) >= 11 is 0. The minimum absolute atomic E-state index is 0.0280. The fraction of sp³-hybridized carbons (Fsp3) is 0.533. The molecule has 2 aliphatic carbocycles. The van der Waals surface area contributed by atoms with Crippen molar-refractivity contribution in [2.75, 3.05) is 13.7 Å². The van der Waals surface area contributed by atoms with Crippen molar-refractivity contribution in [2.45, 2.75) is 68.3 Å². The van der Waals surface area contributed by atoms with E-state index in [0.29, 0.717) is 17.7 Å². The van der Waals surface area contributed by atoms with Crippen LogP contribution in [0.4, 0.5) is 0 Å². The van der Waals surface area contributed by atoms with Gasteiger partial charge in [-0.25, -0.2) is 4.79 Å². The summed E-state index contributed by atoms with van der Waals surface area (Å²) in [6.45, 7) is 11.8. The number of carbonyl (C=O) groups is 2. The van der Waals surface area contributed by atoms with Gasteiger partial charge in [0.25, 0.3) is 0 Å². The van der Waals surface area contributed by atoms with Crippen LogP contribution in [0.2, 0.25) is 0 Å². The second kappa shape index (κ2) is 11.7. The predicted octanol–water partition coefficient (Wildman–Crippen LogP) is 0.585. The summed E-state index contributed by atoms with van der Waals surface area (Å²) in [6, 6.07) is 7.07. The van der Waals surface area contributed by atoms with Gasteiger partial charge in [0, 0.05) is 17.9 Å². The fourth-order valence-electron chi connectivity index (χ4n) is 6.46. The Kier molecular flexibility index (Phi) is 8.38. The maximum absolute atomic E-state index is 13.0. The van der Waals surface area contributed by atoms with Crippen LogP contribution in [-0.2, 0) is 35.0 Å². The number of hydrogen-bond acceptors (Lipinski definition) is 11. The molecule has 4 fully saturated rings. The monoisotopic (exact) mass is 572 g/mol. The lowest BCUT2D eigenvalue weighted by atomic mass is 9.81. The fourth-order valence-corrected chi connectivity index (χ4v) is 6.46. The van der Waals surface area contributed by atoms with Crippen LogP contribution in [0.25, 0.3) is 0 Å². The van der Waals surface area contributed by atoms with Gasteiger partial charge in [0.1, 0.15) is 42.4 Å². The number of aliphatic hydroxyl groups excluding tert-OH is 4. The van der Waals surface area contributed by atoms with Gasteiger partial charge in [-0.15, -0.1) is 0 Å². The quantitative estimate of drug-likeness (QED) is 0.206. The second-order valence-corrected chi connectivity index (χ2v) is 11.1. The van der Waals surface area contributed by atoms with Crippen LogP contribution in [0, 0.1) is 17.8 Å². The van der Waals surface area contributed by atoms with Crippen LogP contribution >= 0.6 is 0 Å². The minimum atomic E-state index is -1.59. The van der Waals surface area contributed by atoms with E-state index in [1.165, 1.54) is 0 Å². The van der Waals surface area contributed by atoms with E-state index in [-0.39, 0.29) is 24.3 Å². The minimum Gasteiger partial charge on any atom is -0.497 e. The summed E-state index contributed by atoms with van der Waals surface area (Å²) in [4.78, 5) is 25.7. The Bertz CT molecular complexity index is 1210. The van der Waals surface area contributed by atoms with Crippen molar-refractivity contribution in [1.82, 2.24) is 0 Å². The van der Waals surface area contributed by atoms with Crippen molar-refractivity contribution in [2.24, 2.45) is 17.8 Å². The SMILES string of the molecule is C=C1C(=O)O[C@@H]2[C@H]3C(=C)[C@@H](O[C@@H]4O[C@H](CO)[C@@H](O)[C@@H](O)[C@@H]4O)C[C@H]3C(=C)C[C@@H](OC(=O)Cc3ccc(OC)cc3)[C@@H]12. The molecule has 0 radical (unpaired) electrons. The summed E-state index contributed by atoms with van der Waals surface area (Å²) in [5.41, 5.74) is 2.28. The molecule has 2 heterocycles. The Hall–Kier alpha value is -3.06. The number of aliphatic hydroxyl groups is 4. The van der Waals surface area contributed by atoms with Gasteiger partial charge in [-0.05, 0) is 35.6 Å². The number of hydrogen-bond donors (Lipinski definition) is 4. The van der Waals surface area contributed by atoms with E-state index in [0.717, 1.165) is 11.1 Å². The molecule has 1 aromatic rings. The van der Waals surface area contributed by atoms with Crippen LogP contribution in [0.15, 0.2) is 60.7 Å². The van der Waals surface area contributed by atoms with Crippen LogP contribution in [0.5, 0.6) is 5.75 Å². The number of fused-ring (bicyclic) bond motifs is 3. The Labute approximate surface area is 237 Å². The van der Waals surface area contributed by atoms with Gasteiger partial charge in [-0.2, -0.15) is 0 Å². The third kappa shape index (κ3) is 5.45. The second-order valence-electron chi connectivity index (χ2n) is 11.1. The van der Waals surface area contributed by atoms with E-state index >= 15 is 0 Å². The lowest BCUT2D eigenvalue weighted by Gasteiger charge is -2.40. The van der Waals surface area contributed by atoms with Crippen molar-refractivity contribution >= 4 is 11.9 Å². The van der Waals surface area contributed by atoms with E-state index < -0.39 is 79.4 Å². The molecule has 2 saturated heterocycles. The summed E-state index contributed by atoms with van der Waals surface area (Å²) in [6.07, 6.45) is -8.60. The Morgan fingerprint density at radius 2 is 1.76 bits per heavy atom. The number of methoxy groups -OCH3 is 1. The van der Waals surface area contributed by atoms with Crippen LogP contribution in [0.1, 0.15) is 18.4 Å². The smallest absolute Gasteiger partial charge is 0.334 e. The molecule has 2 saturated carbocycles. The molecule has 41 heavy (non-hydrogen) atoms. The predicted molar refractivity (Wildman–Crippen MR) is 142 cm³/mol. The topological polar surface area (TPSA) is 161 Å². The van der Waals surface area contributed by atoms with E-state index in [9.17, 15) is 30.0 Å². The molecule has 222 valence electrons. The average Bonchev–Trinajstić information content (AvgIpc) is 3.39. The zero-order valence-electron chi connectivity index (χ0n) is 22.8. The van der Waals surface area contributed by atoms with Crippen LogP contribution < -0.4 is 4.74 Å². The molecule has 0 amide bonds. The number of ether oxygens (including phenoxy) is 5. The molecule has 2 aliphatic heterocycles. The first kappa shape index (κ1) is 29.4. The highest BCUT2D eigenvalue weighted by molar-refractivity contribution is 5.91. The van der Waals surface area contributed by atoms with E-state index in [2.05, 4.69) is 19.7 Å². The van der Waals surface area contributed by atoms with Gasteiger partial charge in [0.15, 0.2) is 6.29 Å². The first-order valence-corrected chi connectivity index (χ1v) is 13.6. The largest absolute Gasteiger partial charge is 0.497 e. The molecule has 0 unspecified atom stereocenters. The maximum Gasteiger partial charge on any atom is 0.334 e. The van der Waals surface area contributed by atoms with Gasteiger partial charge in [0.05, 0.1) is 32.2 Å². The summed E-state index contributed by atoms with van der Waals surface area (Å²) in [7, 11) is 1.56. The Morgan fingerprint density at radius 3 is 2.41 bits per heavy atom. The Balaban J connectivity index is 1.32. The molecule has 4 aliphatic rings. The zero-order valence-corrected chi connectivity index (χ0v) is 22.8. The molecule has 11 nitrogen and oxygen atoms in total. The number of carbonyl (C=O) groups excluding carboxylic acids is 2. The van der Waals surface area contributed by atoms with Crippen molar-refractivity contribution in [3.63, 3.8) is 0 Å². The first-order valence-electron chi connectivity index (χ1n) is 13.6. The molecular weight excluding hydrogens is 536 g/mol. The molecule has 5 rings (SSSR count). The summed E-state index contributed by atoms with van der Waals surface area (Å²) in [5.74, 6) is -1.69. The molecule has 1 aromatic carbocycles. The molecule has 0 bridgehead atoms. The van der Waals surface area contributed by atoms with Gasteiger partial charge in [-0.1, -0.05) is 37.4 Å². The van der Waals surface area contributed by atoms with Crippen molar-refractivity contribution in [3.8, 4) is 5.75 Å². The lowest BCUT2D eigenvalue weighted by molar-refractivity contribution is -0.308. The first-order chi connectivity index (χ1) is 19.5. The van der Waals surface area contributed by atoms with Gasteiger partial charge >= 0.3 is 11.9 Å². The third-order valence-electron chi connectivity index (χ3n) is 8.68. The number of rotatable bonds is 7. The third-order valence-corrected chi connectivity index (χ3v) is 8.68. The zero-order chi connectivity index (χ0) is 29.6.